The summed E-state index contributed by atoms with van der Waals surface area (Å²) in [4.78, 5) is 23.1. The summed E-state index contributed by atoms with van der Waals surface area (Å²) in [6.07, 6.45) is 1.03. The average Bonchev–Trinajstić information content (AvgIpc) is 3.29. The van der Waals surface area contributed by atoms with Crippen molar-refractivity contribution in [2.24, 2.45) is 0 Å². The van der Waals surface area contributed by atoms with Gasteiger partial charge >= 0.3 is 11.9 Å². The van der Waals surface area contributed by atoms with E-state index in [9.17, 15) is 31.5 Å². The molecule has 0 unspecified atom stereocenters. The van der Waals surface area contributed by atoms with Crippen LogP contribution in [0.15, 0.2) is 53.0 Å². The Morgan fingerprint density at radius 1 is 1.09 bits per heavy atom. The smallest absolute Gasteiger partial charge is 0.349 e. The molecule has 0 radical (unpaired) electrons. The summed E-state index contributed by atoms with van der Waals surface area (Å²) in [7, 11) is -8.00. The number of thiophene rings is 1. The van der Waals surface area contributed by atoms with Crippen LogP contribution in [-0.4, -0.2) is 69.9 Å². The minimum Gasteiger partial charge on any atom is -0.479 e. The highest BCUT2D eigenvalue weighted by Gasteiger charge is 2.33. The number of rotatable bonds is 13. The molecular formula is C26H27BrClN3O9S3. The van der Waals surface area contributed by atoms with Crippen LogP contribution >= 0.6 is 38.9 Å². The molecule has 0 amide bonds. The number of hydrogen-bond acceptors (Lipinski definition) is 9. The third-order valence-electron chi connectivity index (χ3n) is 6.41. The molecule has 3 aromatic rings. The highest BCUT2D eigenvalue weighted by atomic mass is 79.9. The summed E-state index contributed by atoms with van der Waals surface area (Å²) in [5.74, 6) is -3.24. The first-order chi connectivity index (χ1) is 20.3. The Kier molecular flexibility index (Phi) is 10.6. The number of carboxylic acid groups (broad SMARTS) is 2. The van der Waals surface area contributed by atoms with Crippen molar-refractivity contribution in [2.45, 2.75) is 24.6 Å². The minimum absolute atomic E-state index is 0.100. The molecule has 1 aliphatic rings. The third-order valence-corrected chi connectivity index (χ3v) is 12.1. The molecule has 2 heterocycles. The monoisotopic (exact) mass is 735 g/mol. The first kappa shape index (κ1) is 33.0. The highest BCUT2D eigenvalue weighted by Crippen LogP contribution is 2.46. The Bertz CT molecular complexity index is 1730. The first-order valence-electron chi connectivity index (χ1n) is 12.7. The van der Waals surface area contributed by atoms with Gasteiger partial charge in [-0.2, -0.15) is 0 Å². The quantitative estimate of drug-likeness (QED) is 0.184. The van der Waals surface area contributed by atoms with Gasteiger partial charge in [0.25, 0.3) is 0 Å². The molecule has 1 aromatic heterocycles. The van der Waals surface area contributed by atoms with Crippen LogP contribution in [0.2, 0.25) is 0 Å². The maximum Gasteiger partial charge on any atom is 0.349 e. The predicted molar refractivity (Wildman–Crippen MR) is 168 cm³/mol. The van der Waals surface area contributed by atoms with Crippen LogP contribution in [0.4, 0.5) is 11.4 Å². The number of sulfonamides is 2. The van der Waals surface area contributed by atoms with E-state index in [-0.39, 0.29) is 26.4 Å². The van der Waals surface area contributed by atoms with Crippen molar-refractivity contribution in [1.29, 1.82) is 0 Å². The SMILES string of the molecule is O=C(O)COc1c(C(=O)O)sc(-c2cccc(N(C3CCNCC3)S(=O)(=O)Cc3ccccc3NS(=O)(=O)CCl)c2)c1Br. The number of nitrogens with one attached hydrogen (secondary N) is 2. The first-order valence-corrected chi connectivity index (χ1v) is 18.1. The van der Waals surface area contributed by atoms with E-state index < -0.39 is 55.6 Å². The number of halogens is 2. The van der Waals surface area contributed by atoms with E-state index >= 15 is 0 Å². The van der Waals surface area contributed by atoms with Gasteiger partial charge in [-0.1, -0.05) is 30.3 Å². The van der Waals surface area contributed by atoms with Crippen molar-refractivity contribution in [3.05, 3.63) is 63.4 Å². The number of aliphatic carboxylic acids is 1. The molecule has 0 saturated carbocycles. The summed E-state index contributed by atoms with van der Waals surface area (Å²) in [6, 6.07) is 12.3. The lowest BCUT2D eigenvalue weighted by atomic mass is 10.1. The molecule has 232 valence electrons. The Labute approximate surface area is 265 Å². The summed E-state index contributed by atoms with van der Waals surface area (Å²) in [5, 5.41) is 21.2. The molecule has 2 aromatic carbocycles. The van der Waals surface area contributed by atoms with Crippen molar-refractivity contribution in [2.75, 3.05) is 33.9 Å². The molecule has 0 atom stereocenters. The summed E-state index contributed by atoms with van der Waals surface area (Å²) in [6.45, 7) is 0.426. The number of carbonyl (C=O) groups is 2. The molecule has 12 nitrogen and oxygen atoms in total. The average molecular weight is 737 g/mol. The number of alkyl halides is 1. The van der Waals surface area contributed by atoms with Gasteiger partial charge in [-0.05, 0) is 71.2 Å². The Morgan fingerprint density at radius 3 is 2.44 bits per heavy atom. The number of nitrogens with zero attached hydrogens (tertiary/aromatic N) is 1. The second kappa shape index (κ2) is 13.8. The predicted octanol–water partition coefficient (Wildman–Crippen LogP) is 4.37. The maximum atomic E-state index is 14.1. The van der Waals surface area contributed by atoms with Gasteiger partial charge in [-0.25, -0.2) is 26.4 Å². The number of ether oxygens (including phenoxy) is 1. The maximum absolute atomic E-state index is 14.1. The number of benzene rings is 2. The topological polar surface area (TPSA) is 179 Å². The van der Waals surface area contributed by atoms with Crippen molar-refractivity contribution in [1.82, 2.24) is 5.32 Å². The lowest BCUT2D eigenvalue weighted by Gasteiger charge is -2.35. The lowest BCUT2D eigenvalue weighted by Crippen LogP contribution is -2.46. The molecule has 4 rings (SSSR count). The fourth-order valence-electron chi connectivity index (χ4n) is 4.62. The molecule has 1 fully saturated rings. The summed E-state index contributed by atoms with van der Waals surface area (Å²) >= 11 is 9.74. The zero-order chi connectivity index (χ0) is 31.4. The molecule has 17 heteroatoms. The van der Waals surface area contributed by atoms with E-state index in [1.807, 2.05) is 0 Å². The molecule has 43 heavy (non-hydrogen) atoms. The van der Waals surface area contributed by atoms with Crippen LogP contribution in [-0.2, 0) is 30.6 Å². The van der Waals surface area contributed by atoms with Crippen LogP contribution in [0.1, 0.15) is 28.1 Å². The standard InChI is InChI=1S/C26H27BrClN3O9S3/c27-22-23(40-13-21(32)33)25(26(34)35)41-24(22)16-5-3-6-19(12-16)31(18-8-10-29-11-9-18)43(38,39)14-17-4-1-2-7-20(17)30-42(36,37)15-28/h1-7,12,18,29-30H,8-11,13-15H2,(H,32,33)(H,34,35). The van der Waals surface area contributed by atoms with E-state index in [4.69, 9.17) is 21.4 Å². The van der Waals surface area contributed by atoms with E-state index in [1.54, 1.807) is 36.4 Å². The largest absolute Gasteiger partial charge is 0.479 e. The summed E-state index contributed by atoms with van der Waals surface area (Å²) < 4.78 is 61.7. The Hall–Kier alpha value is -2.89. The zero-order valence-electron chi connectivity index (χ0n) is 22.3. The normalized spacial score (nSPS) is 14.3. The number of carboxylic acids is 2. The van der Waals surface area contributed by atoms with Gasteiger partial charge < -0.3 is 20.3 Å². The summed E-state index contributed by atoms with van der Waals surface area (Å²) in [5.41, 5.74) is 1.14. The van der Waals surface area contributed by atoms with E-state index in [0.717, 1.165) is 11.3 Å². The van der Waals surface area contributed by atoms with Gasteiger partial charge in [0.1, 0.15) is 5.21 Å². The fourth-order valence-corrected chi connectivity index (χ4v) is 9.14. The van der Waals surface area contributed by atoms with E-state index in [2.05, 4.69) is 26.0 Å². The van der Waals surface area contributed by atoms with Crippen LogP contribution in [0.25, 0.3) is 10.4 Å². The molecule has 0 bridgehead atoms. The van der Waals surface area contributed by atoms with Crippen LogP contribution < -0.4 is 19.1 Å². The van der Waals surface area contributed by atoms with Crippen LogP contribution in [0.3, 0.4) is 0 Å². The number of para-hydroxylation sites is 1. The molecule has 0 aliphatic carbocycles. The highest BCUT2D eigenvalue weighted by molar-refractivity contribution is 9.10. The molecule has 0 spiro atoms. The zero-order valence-corrected chi connectivity index (χ0v) is 27.1. The second-order valence-corrected chi connectivity index (χ2v) is 15.4. The van der Waals surface area contributed by atoms with E-state index in [1.165, 1.54) is 16.4 Å². The lowest BCUT2D eigenvalue weighted by molar-refractivity contribution is -0.139. The molecule has 1 saturated heterocycles. The van der Waals surface area contributed by atoms with E-state index in [0.29, 0.717) is 42.1 Å². The van der Waals surface area contributed by atoms with Crippen molar-refractivity contribution >= 4 is 82.2 Å². The number of aromatic carboxylic acids is 1. The Morgan fingerprint density at radius 2 is 1.79 bits per heavy atom. The molecule has 4 N–H and O–H groups in total. The van der Waals surface area contributed by atoms with Gasteiger partial charge in [0.05, 0.1) is 26.5 Å². The van der Waals surface area contributed by atoms with Crippen molar-refractivity contribution in [3.8, 4) is 16.2 Å². The van der Waals surface area contributed by atoms with Gasteiger partial charge in [-0.15, -0.1) is 22.9 Å². The number of hydrogen-bond donors (Lipinski definition) is 4. The van der Waals surface area contributed by atoms with Crippen molar-refractivity contribution < 1.29 is 41.4 Å². The minimum atomic E-state index is -4.11. The fraction of sp³-hybridized carbons (Fsp3) is 0.308. The third kappa shape index (κ3) is 7.99. The second-order valence-electron chi connectivity index (χ2n) is 9.46. The van der Waals surface area contributed by atoms with Gasteiger partial charge in [0.2, 0.25) is 20.0 Å². The molecular weight excluding hydrogens is 710 g/mol. The van der Waals surface area contributed by atoms with Gasteiger partial charge in [0.15, 0.2) is 17.2 Å². The van der Waals surface area contributed by atoms with Gasteiger partial charge in [-0.3, -0.25) is 9.03 Å². The van der Waals surface area contributed by atoms with Crippen molar-refractivity contribution in [3.63, 3.8) is 0 Å². The van der Waals surface area contributed by atoms with Crippen LogP contribution in [0, 0.1) is 0 Å². The Balaban J connectivity index is 1.77. The number of anilines is 2. The number of piperidine rings is 1. The van der Waals surface area contributed by atoms with Gasteiger partial charge in [0, 0.05) is 6.04 Å². The molecule has 1 aliphatic heterocycles. The van der Waals surface area contributed by atoms with Crippen LogP contribution in [0.5, 0.6) is 5.75 Å².